The molecule has 2 aromatic rings. The van der Waals surface area contributed by atoms with E-state index in [0.717, 1.165) is 19.3 Å². The highest BCUT2D eigenvalue weighted by Gasteiger charge is 2.25. The number of benzene rings is 1. The molecule has 3 rings (SSSR count). The third-order valence-electron chi connectivity index (χ3n) is 4.81. The van der Waals surface area contributed by atoms with E-state index < -0.39 is 5.97 Å². The SMILES string of the molecule is CCn1nc(C(=O)OCC(=O)N2CCCC[C@H]2C)c2ccccc2c1=O. The van der Waals surface area contributed by atoms with Crippen molar-refractivity contribution in [3.8, 4) is 0 Å². The first-order valence-corrected chi connectivity index (χ1v) is 8.99. The van der Waals surface area contributed by atoms with E-state index in [0.29, 0.717) is 23.9 Å². The largest absolute Gasteiger partial charge is 0.451 e. The first-order chi connectivity index (χ1) is 12.5. The van der Waals surface area contributed by atoms with Gasteiger partial charge in [0, 0.05) is 24.5 Å². The van der Waals surface area contributed by atoms with Gasteiger partial charge in [-0.15, -0.1) is 0 Å². The second-order valence-corrected chi connectivity index (χ2v) is 6.52. The summed E-state index contributed by atoms with van der Waals surface area (Å²) in [4.78, 5) is 39.0. The van der Waals surface area contributed by atoms with Gasteiger partial charge in [0.05, 0.1) is 5.39 Å². The number of amides is 1. The van der Waals surface area contributed by atoms with Crippen molar-refractivity contribution in [3.63, 3.8) is 0 Å². The molecular formula is C19H23N3O4. The standard InChI is InChI=1S/C19H23N3O4/c1-3-22-18(24)15-10-5-4-9-14(15)17(20-22)19(25)26-12-16(23)21-11-7-6-8-13(21)2/h4-5,9-10,13H,3,6-8,11-12H2,1-2H3/t13-/m1/s1. The summed E-state index contributed by atoms with van der Waals surface area (Å²) < 4.78 is 6.46. The lowest BCUT2D eigenvalue weighted by molar-refractivity contribution is -0.137. The van der Waals surface area contributed by atoms with Crippen LogP contribution in [0, 0.1) is 0 Å². The van der Waals surface area contributed by atoms with Crippen LogP contribution in [0.3, 0.4) is 0 Å². The van der Waals surface area contributed by atoms with Crippen LogP contribution in [0.5, 0.6) is 0 Å². The summed E-state index contributed by atoms with van der Waals surface area (Å²) in [6.07, 6.45) is 3.05. The zero-order chi connectivity index (χ0) is 18.7. The smallest absolute Gasteiger partial charge is 0.359 e. The minimum absolute atomic E-state index is 0.0570. The number of esters is 1. The Morgan fingerprint density at radius 1 is 1.23 bits per heavy atom. The molecule has 1 atom stereocenters. The number of carbonyl (C=O) groups is 2. The van der Waals surface area contributed by atoms with E-state index >= 15 is 0 Å². The number of ether oxygens (including phenoxy) is 1. The molecule has 7 heteroatoms. The summed E-state index contributed by atoms with van der Waals surface area (Å²) >= 11 is 0. The maximum absolute atomic E-state index is 12.5. The first-order valence-electron chi connectivity index (χ1n) is 8.99. The molecule has 0 saturated carbocycles. The van der Waals surface area contributed by atoms with Crippen molar-refractivity contribution in [1.82, 2.24) is 14.7 Å². The average molecular weight is 357 g/mol. The van der Waals surface area contributed by atoms with Crippen molar-refractivity contribution >= 4 is 22.6 Å². The van der Waals surface area contributed by atoms with Gasteiger partial charge < -0.3 is 9.64 Å². The monoisotopic (exact) mass is 357 g/mol. The highest BCUT2D eigenvalue weighted by Crippen LogP contribution is 2.17. The average Bonchev–Trinajstić information content (AvgIpc) is 2.66. The lowest BCUT2D eigenvalue weighted by Crippen LogP contribution is -2.44. The second kappa shape index (κ2) is 7.68. The molecule has 7 nitrogen and oxygen atoms in total. The van der Waals surface area contributed by atoms with Crippen LogP contribution >= 0.6 is 0 Å². The summed E-state index contributed by atoms with van der Waals surface area (Å²) in [5.74, 6) is -0.889. The van der Waals surface area contributed by atoms with Gasteiger partial charge in [0.1, 0.15) is 0 Å². The molecule has 1 fully saturated rings. The molecular weight excluding hydrogens is 334 g/mol. The van der Waals surface area contributed by atoms with Gasteiger partial charge in [0.2, 0.25) is 0 Å². The van der Waals surface area contributed by atoms with Gasteiger partial charge in [0.15, 0.2) is 12.3 Å². The number of aryl methyl sites for hydroxylation is 1. The lowest BCUT2D eigenvalue weighted by atomic mass is 10.0. The zero-order valence-corrected chi connectivity index (χ0v) is 15.1. The Hall–Kier alpha value is -2.70. The van der Waals surface area contributed by atoms with Gasteiger partial charge in [-0.1, -0.05) is 18.2 Å². The number of fused-ring (bicyclic) bond motifs is 1. The Morgan fingerprint density at radius 2 is 1.96 bits per heavy atom. The van der Waals surface area contributed by atoms with E-state index in [1.807, 2.05) is 6.92 Å². The molecule has 1 aliphatic rings. The molecule has 0 radical (unpaired) electrons. The molecule has 1 aromatic heterocycles. The number of aromatic nitrogens is 2. The minimum atomic E-state index is -0.693. The molecule has 1 aromatic carbocycles. The maximum Gasteiger partial charge on any atom is 0.359 e. The number of piperidine rings is 1. The third kappa shape index (κ3) is 3.47. The van der Waals surface area contributed by atoms with Crippen LogP contribution in [0.25, 0.3) is 10.8 Å². The molecule has 0 spiro atoms. The van der Waals surface area contributed by atoms with Crippen molar-refractivity contribution in [3.05, 3.63) is 40.3 Å². The van der Waals surface area contributed by atoms with Gasteiger partial charge in [-0.05, 0) is 39.2 Å². The first kappa shape index (κ1) is 18.1. The number of likely N-dealkylation sites (tertiary alicyclic amines) is 1. The Balaban J connectivity index is 1.81. The maximum atomic E-state index is 12.5. The summed E-state index contributed by atoms with van der Waals surface area (Å²) in [6.45, 7) is 4.50. The third-order valence-corrected chi connectivity index (χ3v) is 4.81. The van der Waals surface area contributed by atoms with Crippen molar-refractivity contribution < 1.29 is 14.3 Å². The van der Waals surface area contributed by atoms with Crippen LogP contribution in [0.1, 0.15) is 43.6 Å². The predicted octanol–water partition coefficient (Wildman–Crippen LogP) is 1.97. The quantitative estimate of drug-likeness (QED) is 0.782. The molecule has 138 valence electrons. The molecule has 1 amide bonds. The van der Waals surface area contributed by atoms with E-state index in [9.17, 15) is 14.4 Å². The molecule has 0 N–H and O–H groups in total. The van der Waals surface area contributed by atoms with Gasteiger partial charge in [-0.2, -0.15) is 5.10 Å². The Kier molecular flexibility index (Phi) is 5.35. The van der Waals surface area contributed by atoms with E-state index in [2.05, 4.69) is 5.10 Å². The van der Waals surface area contributed by atoms with Crippen molar-refractivity contribution in [2.45, 2.75) is 45.7 Å². The number of hydrogen-bond acceptors (Lipinski definition) is 5. The Labute approximate surface area is 151 Å². The van der Waals surface area contributed by atoms with Crippen LogP contribution in [0.15, 0.2) is 29.1 Å². The normalized spacial score (nSPS) is 17.3. The van der Waals surface area contributed by atoms with Gasteiger partial charge >= 0.3 is 5.97 Å². The fourth-order valence-electron chi connectivity index (χ4n) is 3.35. The molecule has 0 bridgehead atoms. The van der Waals surface area contributed by atoms with Gasteiger partial charge in [0.25, 0.3) is 11.5 Å². The molecule has 0 unspecified atom stereocenters. The molecule has 26 heavy (non-hydrogen) atoms. The van der Waals surface area contributed by atoms with Crippen LogP contribution in [-0.4, -0.2) is 45.8 Å². The fraction of sp³-hybridized carbons (Fsp3) is 0.474. The van der Waals surface area contributed by atoms with E-state index in [1.54, 1.807) is 36.1 Å². The van der Waals surface area contributed by atoms with Crippen molar-refractivity contribution in [2.24, 2.45) is 0 Å². The molecule has 2 heterocycles. The molecule has 0 aliphatic carbocycles. The van der Waals surface area contributed by atoms with Crippen LogP contribution < -0.4 is 5.56 Å². The van der Waals surface area contributed by atoms with Crippen LogP contribution in [0.4, 0.5) is 0 Å². The summed E-state index contributed by atoms with van der Waals surface area (Å²) in [6, 6.07) is 6.95. The van der Waals surface area contributed by atoms with E-state index in [4.69, 9.17) is 4.74 Å². The number of nitrogens with zero attached hydrogens (tertiary/aromatic N) is 3. The minimum Gasteiger partial charge on any atom is -0.451 e. The van der Waals surface area contributed by atoms with E-state index in [1.165, 1.54) is 4.68 Å². The van der Waals surface area contributed by atoms with E-state index in [-0.39, 0.29) is 29.8 Å². The van der Waals surface area contributed by atoms with Crippen LogP contribution in [0.2, 0.25) is 0 Å². The number of hydrogen-bond donors (Lipinski definition) is 0. The Bertz CT molecular complexity index is 890. The Morgan fingerprint density at radius 3 is 2.65 bits per heavy atom. The highest BCUT2D eigenvalue weighted by atomic mass is 16.5. The summed E-state index contributed by atoms with van der Waals surface area (Å²) in [5, 5.41) is 4.97. The molecule has 1 saturated heterocycles. The van der Waals surface area contributed by atoms with Gasteiger partial charge in [-0.3, -0.25) is 9.59 Å². The zero-order valence-electron chi connectivity index (χ0n) is 15.1. The molecule has 1 aliphatic heterocycles. The number of carbonyl (C=O) groups excluding carboxylic acids is 2. The second-order valence-electron chi connectivity index (χ2n) is 6.52. The highest BCUT2D eigenvalue weighted by molar-refractivity contribution is 6.02. The topological polar surface area (TPSA) is 81.5 Å². The fourth-order valence-corrected chi connectivity index (χ4v) is 3.35. The predicted molar refractivity (Wildman–Crippen MR) is 97.0 cm³/mol. The summed E-state index contributed by atoms with van der Waals surface area (Å²) in [7, 11) is 0. The van der Waals surface area contributed by atoms with Gasteiger partial charge in [-0.25, -0.2) is 9.48 Å². The lowest BCUT2D eigenvalue weighted by Gasteiger charge is -2.33. The van der Waals surface area contributed by atoms with Crippen molar-refractivity contribution in [1.29, 1.82) is 0 Å². The van der Waals surface area contributed by atoms with Crippen molar-refractivity contribution in [2.75, 3.05) is 13.2 Å². The summed E-state index contributed by atoms with van der Waals surface area (Å²) in [5.41, 5.74) is -0.195. The number of rotatable bonds is 4. The van der Waals surface area contributed by atoms with Crippen LogP contribution in [-0.2, 0) is 16.1 Å².